The summed E-state index contributed by atoms with van der Waals surface area (Å²) in [6.45, 7) is 5.81. The van der Waals surface area contributed by atoms with Gasteiger partial charge in [-0.15, -0.1) is 11.3 Å². The molecule has 0 unspecified atom stereocenters. The third-order valence-electron chi connectivity index (χ3n) is 3.57. The Bertz CT molecular complexity index is 960. The summed E-state index contributed by atoms with van der Waals surface area (Å²) >= 11 is 1.35. The van der Waals surface area contributed by atoms with Gasteiger partial charge in [-0.25, -0.2) is 9.78 Å². The lowest BCUT2D eigenvalue weighted by Crippen LogP contribution is -2.18. The fourth-order valence-corrected chi connectivity index (χ4v) is 3.35. The number of thiophene rings is 1. The first-order valence-corrected chi connectivity index (χ1v) is 8.43. The third kappa shape index (κ3) is 3.22. The quantitative estimate of drug-likeness (QED) is 0.719. The standard InChI is InChI=1S/C16H17N5O3S/c1-8(2)12-6-10(15(23)24-4)14(25-12)20-13(22)11-5-9(3)19-16-17-7-18-21(11)16/h5-8H,1-4H3,(H,20,22). The highest BCUT2D eigenvalue weighted by Gasteiger charge is 2.22. The molecule has 0 aliphatic heterocycles. The summed E-state index contributed by atoms with van der Waals surface area (Å²) in [5.74, 6) is -0.324. The molecule has 0 aromatic carbocycles. The van der Waals surface area contributed by atoms with E-state index in [-0.39, 0.29) is 11.6 Å². The highest BCUT2D eigenvalue weighted by molar-refractivity contribution is 7.16. The van der Waals surface area contributed by atoms with Crippen LogP contribution in [0, 0.1) is 6.92 Å². The fourth-order valence-electron chi connectivity index (χ4n) is 2.31. The lowest BCUT2D eigenvalue weighted by atomic mass is 10.1. The van der Waals surface area contributed by atoms with Gasteiger partial charge in [-0.1, -0.05) is 13.8 Å². The van der Waals surface area contributed by atoms with Crippen molar-refractivity contribution < 1.29 is 14.3 Å². The van der Waals surface area contributed by atoms with Crippen LogP contribution in [-0.2, 0) is 4.74 Å². The minimum atomic E-state index is -0.490. The normalized spacial score (nSPS) is 11.1. The number of amides is 1. The zero-order chi connectivity index (χ0) is 18.1. The number of nitrogens with one attached hydrogen (secondary N) is 1. The number of hydrogen-bond donors (Lipinski definition) is 1. The molecule has 0 aliphatic rings. The predicted octanol–water partition coefficient (Wildman–Crippen LogP) is 2.66. The van der Waals surface area contributed by atoms with Gasteiger partial charge < -0.3 is 10.1 Å². The zero-order valence-electron chi connectivity index (χ0n) is 14.2. The van der Waals surface area contributed by atoms with E-state index < -0.39 is 11.9 Å². The largest absolute Gasteiger partial charge is 0.465 e. The average molecular weight is 359 g/mol. The van der Waals surface area contributed by atoms with Crippen molar-refractivity contribution in [2.24, 2.45) is 0 Å². The topological polar surface area (TPSA) is 98.5 Å². The van der Waals surface area contributed by atoms with Crippen LogP contribution in [0.4, 0.5) is 5.00 Å². The van der Waals surface area contributed by atoms with Crippen LogP contribution in [0.5, 0.6) is 0 Å². The van der Waals surface area contributed by atoms with Crippen molar-refractivity contribution in [3.8, 4) is 0 Å². The van der Waals surface area contributed by atoms with E-state index >= 15 is 0 Å². The molecule has 3 aromatic heterocycles. The molecule has 1 amide bonds. The second-order valence-electron chi connectivity index (χ2n) is 5.75. The van der Waals surface area contributed by atoms with E-state index in [9.17, 15) is 9.59 Å². The minimum absolute atomic E-state index is 0.226. The number of carbonyl (C=O) groups excluding carboxylic acids is 2. The number of aryl methyl sites for hydroxylation is 1. The Morgan fingerprint density at radius 3 is 2.76 bits per heavy atom. The summed E-state index contributed by atoms with van der Waals surface area (Å²) in [6, 6.07) is 3.37. The molecule has 3 heterocycles. The number of fused-ring (bicyclic) bond motifs is 1. The predicted molar refractivity (Wildman–Crippen MR) is 93.2 cm³/mol. The van der Waals surface area contributed by atoms with E-state index in [4.69, 9.17) is 4.74 Å². The molecule has 8 nitrogen and oxygen atoms in total. The van der Waals surface area contributed by atoms with E-state index in [0.717, 1.165) is 4.88 Å². The molecular weight excluding hydrogens is 342 g/mol. The van der Waals surface area contributed by atoms with Crippen LogP contribution < -0.4 is 5.32 Å². The van der Waals surface area contributed by atoms with E-state index in [1.54, 1.807) is 19.1 Å². The van der Waals surface area contributed by atoms with Gasteiger partial charge in [0.05, 0.1) is 12.7 Å². The maximum absolute atomic E-state index is 12.7. The van der Waals surface area contributed by atoms with Gasteiger partial charge in [-0.3, -0.25) is 4.79 Å². The van der Waals surface area contributed by atoms with Crippen molar-refractivity contribution in [3.63, 3.8) is 0 Å². The summed E-state index contributed by atoms with van der Waals surface area (Å²) in [4.78, 5) is 34.0. The zero-order valence-corrected chi connectivity index (χ0v) is 15.0. The van der Waals surface area contributed by atoms with Crippen LogP contribution >= 0.6 is 11.3 Å². The number of aromatic nitrogens is 4. The molecule has 0 fully saturated rings. The number of esters is 1. The Morgan fingerprint density at radius 1 is 1.32 bits per heavy atom. The molecular formula is C16H17N5O3S. The van der Waals surface area contributed by atoms with Crippen LogP contribution in [0.15, 0.2) is 18.5 Å². The number of rotatable bonds is 4. The molecule has 0 aliphatic carbocycles. The van der Waals surface area contributed by atoms with Crippen molar-refractivity contribution >= 4 is 34.0 Å². The molecule has 3 rings (SSSR count). The Balaban J connectivity index is 2.00. The summed E-state index contributed by atoms with van der Waals surface area (Å²) in [7, 11) is 1.31. The van der Waals surface area contributed by atoms with Crippen LogP contribution in [0.3, 0.4) is 0 Å². The number of ether oxygens (including phenoxy) is 1. The van der Waals surface area contributed by atoms with Gasteiger partial charge in [0, 0.05) is 10.6 Å². The second kappa shape index (κ2) is 6.60. The van der Waals surface area contributed by atoms with Crippen LogP contribution in [-0.4, -0.2) is 38.6 Å². The molecule has 9 heteroatoms. The molecule has 0 radical (unpaired) electrons. The van der Waals surface area contributed by atoms with Crippen molar-refractivity contribution in [2.75, 3.05) is 12.4 Å². The molecule has 0 atom stereocenters. The molecule has 0 saturated heterocycles. The maximum Gasteiger partial charge on any atom is 0.340 e. The van der Waals surface area contributed by atoms with E-state index in [1.807, 2.05) is 13.8 Å². The van der Waals surface area contributed by atoms with E-state index in [0.29, 0.717) is 22.0 Å². The average Bonchev–Trinajstić information content (AvgIpc) is 3.19. The smallest absolute Gasteiger partial charge is 0.340 e. The van der Waals surface area contributed by atoms with Crippen LogP contribution in [0.2, 0.25) is 0 Å². The summed E-state index contributed by atoms with van der Waals surface area (Å²) in [5.41, 5.74) is 1.27. The highest BCUT2D eigenvalue weighted by atomic mass is 32.1. The van der Waals surface area contributed by atoms with Crippen LogP contribution in [0.25, 0.3) is 5.78 Å². The van der Waals surface area contributed by atoms with Gasteiger partial charge in [0.1, 0.15) is 17.0 Å². The molecule has 0 spiro atoms. The summed E-state index contributed by atoms with van der Waals surface area (Å²) < 4.78 is 6.17. The molecule has 0 saturated carbocycles. The van der Waals surface area contributed by atoms with Crippen molar-refractivity contribution in [2.45, 2.75) is 26.7 Å². The van der Waals surface area contributed by atoms with Crippen LogP contribution in [0.1, 0.15) is 51.2 Å². The Hall–Kier alpha value is -2.81. The van der Waals surface area contributed by atoms with Crippen molar-refractivity contribution in [1.29, 1.82) is 0 Å². The van der Waals surface area contributed by atoms with Gasteiger partial charge in [0.25, 0.3) is 11.7 Å². The molecule has 3 aromatic rings. The second-order valence-corrected chi connectivity index (χ2v) is 6.83. The Morgan fingerprint density at radius 2 is 2.08 bits per heavy atom. The lowest BCUT2D eigenvalue weighted by molar-refractivity contribution is 0.0602. The monoisotopic (exact) mass is 359 g/mol. The van der Waals surface area contributed by atoms with Crippen molar-refractivity contribution in [1.82, 2.24) is 19.6 Å². The van der Waals surface area contributed by atoms with Gasteiger partial charge in [-0.2, -0.15) is 14.6 Å². The number of anilines is 1. The molecule has 0 bridgehead atoms. The lowest BCUT2D eigenvalue weighted by Gasteiger charge is -2.07. The van der Waals surface area contributed by atoms with Gasteiger partial charge in [0.2, 0.25) is 0 Å². The SMILES string of the molecule is COC(=O)c1cc(C(C)C)sc1NC(=O)c1cc(C)nc2ncnn12. The maximum atomic E-state index is 12.7. The number of hydrogen-bond acceptors (Lipinski definition) is 7. The van der Waals surface area contributed by atoms with Gasteiger partial charge >= 0.3 is 5.97 Å². The number of nitrogens with zero attached hydrogens (tertiary/aromatic N) is 4. The van der Waals surface area contributed by atoms with E-state index in [1.165, 1.54) is 29.3 Å². The van der Waals surface area contributed by atoms with E-state index in [2.05, 4.69) is 20.4 Å². The third-order valence-corrected chi connectivity index (χ3v) is 4.92. The first-order chi connectivity index (χ1) is 11.9. The fraction of sp³-hybridized carbons (Fsp3) is 0.312. The van der Waals surface area contributed by atoms with Gasteiger partial charge in [0.15, 0.2) is 0 Å². The molecule has 1 N–H and O–H groups in total. The number of methoxy groups -OCH3 is 1. The molecule has 25 heavy (non-hydrogen) atoms. The summed E-state index contributed by atoms with van der Waals surface area (Å²) in [6.07, 6.45) is 1.33. The summed E-state index contributed by atoms with van der Waals surface area (Å²) in [5, 5.41) is 7.26. The first kappa shape index (κ1) is 17.0. The van der Waals surface area contributed by atoms with Crippen molar-refractivity contribution in [3.05, 3.63) is 40.3 Å². The number of carbonyl (C=O) groups is 2. The Labute approximate surface area is 147 Å². The highest BCUT2D eigenvalue weighted by Crippen LogP contribution is 2.33. The first-order valence-electron chi connectivity index (χ1n) is 7.61. The minimum Gasteiger partial charge on any atom is -0.465 e. The molecule has 130 valence electrons. The van der Waals surface area contributed by atoms with Gasteiger partial charge in [-0.05, 0) is 25.0 Å². The Kier molecular flexibility index (Phi) is 4.49.